The summed E-state index contributed by atoms with van der Waals surface area (Å²) in [5.74, 6) is 0.939. The summed E-state index contributed by atoms with van der Waals surface area (Å²) >= 11 is 0. The van der Waals surface area contributed by atoms with Crippen LogP contribution in [0.1, 0.15) is 54.4 Å². The highest BCUT2D eigenvalue weighted by Gasteiger charge is 2.13. The first kappa shape index (κ1) is 36.8. The van der Waals surface area contributed by atoms with Crippen LogP contribution in [0.4, 0.5) is 0 Å². The summed E-state index contributed by atoms with van der Waals surface area (Å²) in [5.41, 5.74) is 17.1. The Kier molecular flexibility index (Phi) is 24.3. The number of unbranched alkanes of at least 4 members (excludes halogenated alkanes) is 3. The molecule has 0 aliphatic carbocycles. The van der Waals surface area contributed by atoms with Crippen LogP contribution in [0.25, 0.3) is 0 Å². The number of ether oxygens (including phenoxy) is 1. The fourth-order valence-electron chi connectivity index (χ4n) is 3.77. The molecule has 192 valence electrons. The van der Waals surface area contributed by atoms with Gasteiger partial charge in [0.1, 0.15) is 5.75 Å². The molecule has 0 aromatic heterocycles. The number of benzene rings is 2. The van der Waals surface area contributed by atoms with Gasteiger partial charge < -0.3 is 21.1 Å². The highest BCUT2D eigenvalue weighted by molar-refractivity contribution is 5.86. The number of halogens is 4. The van der Waals surface area contributed by atoms with Crippen molar-refractivity contribution in [2.45, 2.75) is 58.0 Å². The molecule has 0 unspecified atom stereocenters. The third kappa shape index (κ3) is 13.7. The average molecular weight is 543 g/mol. The standard InChI is InChI=1S/C25H39N3O.4ClH/c1-28(2)17-10-14-23-22(19-26)15-16-25(24(23)20-27)29-18-9-4-3-6-11-21-12-7-5-8-13-21;;;;/h5,7-8,12-13,15-16H,3-4,6,9-11,14,17-20,26-27H2,1-2H3;4*1H. The molecule has 0 amide bonds. The first-order valence-corrected chi connectivity index (χ1v) is 11.0. The Labute approximate surface area is 225 Å². The maximum Gasteiger partial charge on any atom is 0.124 e. The van der Waals surface area contributed by atoms with E-state index in [-0.39, 0.29) is 49.6 Å². The molecule has 0 fully saturated rings. The topological polar surface area (TPSA) is 64.5 Å². The number of hydrogen-bond acceptors (Lipinski definition) is 4. The van der Waals surface area contributed by atoms with Crippen LogP contribution in [0.2, 0.25) is 0 Å². The van der Waals surface area contributed by atoms with Gasteiger partial charge in [-0.1, -0.05) is 49.2 Å². The zero-order chi connectivity index (χ0) is 20.9. The summed E-state index contributed by atoms with van der Waals surface area (Å²) < 4.78 is 6.13. The van der Waals surface area contributed by atoms with E-state index in [1.54, 1.807) is 0 Å². The lowest BCUT2D eigenvalue weighted by molar-refractivity contribution is 0.301. The number of nitrogens with two attached hydrogens (primary N) is 2. The molecule has 4 N–H and O–H groups in total. The minimum atomic E-state index is 0. The summed E-state index contributed by atoms with van der Waals surface area (Å²) in [5, 5.41) is 0. The molecule has 0 saturated carbocycles. The minimum Gasteiger partial charge on any atom is -0.493 e. The van der Waals surface area contributed by atoms with E-state index in [1.165, 1.54) is 36.0 Å². The maximum absolute atomic E-state index is 6.13. The van der Waals surface area contributed by atoms with Gasteiger partial charge in [-0.05, 0) is 75.5 Å². The number of aryl methyl sites for hydroxylation is 1. The van der Waals surface area contributed by atoms with Gasteiger partial charge in [0.05, 0.1) is 6.61 Å². The van der Waals surface area contributed by atoms with Gasteiger partial charge in [0.25, 0.3) is 0 Å². The van der Waals surface area contributed by atoms with Crippen molar-refractivity contribution in [3.8, 4) is 5.75 Å². The quantitative estimate of drug-likeness (QED) is 0.289. The van der Waals surface area contributed by atoms with Crippen molar-refractivity contribution < 1.29 is 4.74 Å². The third-order valence-corrected chi connectivity index (χ3v) is 5.40. The number of hydrogen-bond donors (Lipinski definition) is 2. The molecule has 0 spiro atoms. The molecule has 2 aromatic carbocycles. The van der Waals surface area contributed by atoms with Gasteiger partial charge in [-0.25, -0.2) is 0 Å². The molecule has 2 aromatic rings. The molecule has 4 nitrogen and oxygen atoms in total. The smallest absolute Gasteiger partial charge is 0.124 e. The Hall–Kier alpha value is -0.720. The van der Waals surface area contributed by atoms with E-state index >= 15 is 0 Å². The number of nitrogens with zero attached hydrogens (tertiary/aromatic N) is 1. The van der Waals surface area contributed by atoms with E-state index < -0.39 is 0 Å². The van der Waals surface area contributed by atoms with Crippen molar-refractivity contribution in [3.63, 3.8) is 0 Å². The van der Waals surface area contributed by atoms with E-state index in [4.69, 9.17) is 16.2 Å². The molecule has 0 aliphatic rings. The lowest BCUT2D eigenvalue weighted by Gasteiger charge is -2.19. The van der Waals surface area contributed by atoms with Crippen LogP contribution in [0, 0.1) is 0 Å². The first-order valence-electron chi connectivity index (χ1n) is 11.0. The molecule has 8 heteroatoms. The van der Waals surface area contributed by atoms with Crippen molar-refractivity contribution in [2.75, 3.05) is 27.2 Å². The molecule has 0 atom stereocenters. The van der Waals surface area contributed by atoms with Crippen LogP contribution in [-0.4, -0.2) is 32.1 Å². The van der Waals surface area contributed by atoms with E-state index in [2.05, 4.69) is 61.5 Å². The van der Waals surface area contributed by atoms with Crippen molar-refractivity contribution >= 4 is 49.6 Å². The molecule has 2 rings (SSSR count). The molecule has 33 heavy (non-hydrogen) atoms. The third-order valence-electron chi connectivity index (χ3n) is 5.40. The summed E-state index contributed by atoms with van der Waals surface area (Å²) in [6.45, 7) is 2.85. The van der Waals surface area contributed by atoms with E-state index in [0.29, 0.717) is 13.1 Å². The molecule has 0 saturated heterocycles. The lowest BCUT2D eigenvalue weighted by Crippen LogP contribution is -2.16. The van der Waals surface area contributed by atoms with Gasteiger partial charge in [0.2, 0.25) is 0 Å². The van der Waals surface area contributed by atoms with Crippen molar-refractivity contribution in [3.05, 3.63) is 64.7 Å². The first-order chi connectivity index (χ1) is 14.2. The van der Waals surface area contributed by atoms with E-state index in [0.717, 1.165) is 50.1 Å². The van der Waals surface area contributed by atoms with Gasteiger partial charge in [-0.2, -0.15) is 0 Å². The van der Waals surface area contributed by atoms with Crippen molar-refractivity contribution in [2.24, 2.45) is 11.5 Å². The van der Waals surface area contributed by atoms with Gasteiger partial charge in [-0.15, -0.1) is 49.6 Å². The lowest BCUT2D eigenvalue weighted by atomic mass is 9.95. The SMILES string of the molecule is CN(C)CCCc1c(CN)ccc(OCCCCCCc2ccccc2)c1CN.Cl.Cl.Cl.Cl. The van der Waals surface area contributed by atoms with Crippen molar-refractivity contribution in [1.29, 1.82) is 0 Å². The van der Waals surface area contributed by atoms with Gasteiger partial charge >= 0.3 is 0 Å². The van der Waals surface area contributed by atoms with Crippen LogP contribution in [0.3, 0.4) is 0 Å². The molecule has 0 bridgehead atoms. The van der Waals surface area contributed by atoms with Crippen molar-refractivity contribution in [1.82, 2.24) is 4.90 Å². The van der Waals surface area contributed by atoms with Crippen LogP contribution < -0.4 is 16.2 Å². The predicted molar refractivity (Wildman–Crippen MR) is 152 cm³/mol. The maximum atomic E-state index is 6.13. The molecule has 0 radical (unpaired) electrons. The highest BCUT2D eigenvalue weighted by atomic mass is 35.5. The Morgan fingerprint density at radius 3 is 1.97 bits per heavy atom. The minimum absolute atomic E-state index is 0. The monoisotopic (exact) mass is 541 g/mol. The van der Waals surface area contributed by atoms with Crippen LogP contribution in [-0.2, 0) is 25.9 Å². The molecule has 0 aliphatic heterocycles. The molecule has 0 heterocycles. The van der Waals surface area contributed by atoms with E-state index in [1.807, 2.05) is 0 Å². The van der Waals surface area contributed by atoms with Gasteiger partial charge in [-0.3, -0.25) is 0 Å². The fraction of sp³-hybridized carbons (Fsp3) is 0.520. The molecular weight excluding hydrogens is 500 g/mol. The Bertz CT molecular complexity index is 718. The largest absolute Gasteiger partial charge is 0.493 e. The van der Waals surface area contributed by atoms with Crippen LogP contribution >= 0.6 is 49.6 Å². The normalized spacial score (nSPS) is 9.85. The number of rotatable bonds is 14. The molecular formula is C25H43Cl4N3O. The second-order valence-electron chi connectivity index (χ2n) is 7.99. The summed E-state index contributed by atoms with van der Waals surface area (Å²) in [4.78, 5) is 2.21. The van der Waals surface area contributed by atoms with Gasteiger partial charge in [0.15, 0.2) is 0 Å². The fourth-order valence-corrected chi connectivity index (χ4v) is 3.77. The zero-order valence-corrected chi connectivity index (χ0v) is 23.2. The summed E-state index contributed by atoms with van der Waals surface area (Å²) in [7, 11) is 4.21. The van der Waals surface area contributed by atoms with E-state index in [9.17, 15) is 0 Å². The van der Waals surface area contributed by atoms with Crippen LogP contribution in [0.5, 0.6) is 5.75 Å². The Morgan fingerprint density at radius 2 is 1.36 bits per heavy atom. The van der Waals surface area contributed by atoms with Crippen LogP contribution in [0.15, 0.2) is 42.5 Å². The second kappa shape index (κ2) is 21.8. The summed E-state index contributed by atoms with van der Waals surface area (Å²) in [6, 6.07) is 14.9. The van der Waals surface area contributed by atoms with Gasteiger partial charge in [0, 0.05) is 18.7 Å². The predicted octanol–water partition coefficient (Wildman–Crippen LogP) is 5.97. The summed E-state index contributed by atoms with van der Waals surface area (Å²) in [6.07, 6.45) is 8.00. The average Bonchev–Trinajstić information content (AvgIpc) is 2.73. The zero-order valence-electron chi connectivity index (χ0n) is 20.0. The second-order valence-corrected chi connectivity index (χ2v) is 7.99. The Balaban J connectivity index is -0.00000225. The highest BCUT2D eigenvalue weighted by Crippen LogP contribution is 2.27. The Morgan fingerprint density at radius 1 is 0.697 bits per heavy atom.